The quantitative estimate of drug-likeness (QED) is 0.883. The molecule has 0 heterocycles. The van der Waals surface area contributed by atoms with E-state index in [-0.39, 0.29) is 17.2 Å². The Morgan fingerprint density at radius 1 is 1.20 bits per heavy atom. The standard InChI is InChI=1S/C17H28N2O/c1-11-7-12(2)15(13(3)8-11)19-16(20)14(10-18)9-17(4,5)6/h7-8,14H,9-10,18H2,1-6H3,(H,19,20). The topological polar surface area (TPSA) is 55.1 Å². The highest BCUT2D eigenvalue weighted by Crippen LogP contribution is 2.27. The van der Waals surface area contributed by atoms with Crippen LogP contribution in [0.3, 0.4) is 0 Å². The van der Waals surface area contributed by atoms with E-state index >= 15 is 0 Å². The molecule has 20 heavy (non-hydrogen) atoms. The van der Waals surface area contributed by atoms with Crippen LogP contribution in [0.4, 0.5) is 5.69 Å². The van der Waals surface area contributed by atoms with E-state index in [1.54, 1.807) is 0 Å². The van der Waals surface area contributed by atoms with Gasteiger partial charge in [-0.3, -0.25) is 4.79 Å². The Kier molecular flexibility index (Phi) is 5.35. The summed E-state index contributed by atoms with van der Waals surface area (Å²) in [5.74, 6) is -0.118. The van der Waals surface area contributed by atoms with Gasteiger partial charge in [-0.05, 0) is 43.7 Å². The summed E-state index contributed by atoms with van der Waals surface area (Å²) in [4.78, 5) is 12.4. The molecule has 0 aliphatic rings. The average Bonchev–Trinajstić information content (AvgIpc) is 2.29. The molecule has 0 saturated carbocycles. The van der Waals surface area contributed by atoms with E-state index in [4.69, 9.17) is 5.73 Å². The molecular weight excluding hydrogens is 248 g/mol. The first kappa shape index (κ1) is 16.7. The Labute approximate surface area is 122 Å². The number of carbonyl (C=O) groups excluding carboxylic acids is 1. The molecule has 0 spiro atoms. The van der Waals surface area contributed by atoms with Gasteiger partial charge in [0.25, 0.3) is 0 Å². The molecule has 1 atom stereocenters. The van der Waals surface area contributed by atoms with Crippen molar-refractivity contribution in [1.29, 1.82) is 0 Å². The summed E-state index contributed by atoms with van der Waals surface area (Å²) in [6.07, 6.45) is 0.791. The van der Waals surface area contributed by atoms with Crippen LogP contribution in [-0.4, -0.2) is 12.5 Å². The number of carbonyl (C=O) groups is 1. The van der Waals surface area contributed by atoms with Crippen LogP contribution in [0.15, 0.2) is 12.1 Å². The molecule has 0 aliphatic carbocycles. The van der Waals surface area contributed by atoms with Crippen molar-refractivity contribution < 1.29 is 4.79 Å². The summed E-state index contributed by atoms with van der Waals surface area (Å²) >= 11 is 0. The minimum atomic E-state index is -0.143. The van der Waals surface area contributed by atoms with E-state index in [1.165, 1.54) is 5.56 Å². The number of aryl methyl sites for hydroxylation is 3. The number of rotatable bonds is 4. The van der Waals surface area contributed by atoms with E-state index in [1.807, 2.05) is 13.8 Å². The van der Waals surface area contributed by atoms with Crippen LogP contribution in [0, 0.1) is 32.1 Å². The maximum Gasteiger partial charge on any atom is 0.228 e. The summed E-state index contributed by atoms with van der Waals surface area (Å²) in [6, 6.07) is 4.17. The number of benzene rings is 1. The van der Waals surface area contributed by atoms with Crippen molar-refractivity contribution in [2.45, 2.75) is 48.0 Å². The molecule has 1 aromatic carbocycles. The third kappa shape index (κ3) is 4.64. The zero-order valence-electron chi connectivity index (χ0n) is 13.6. The van der Waals surface area contributed by atoms with Crippen LogP contribution in [0.5, 0.6) is 0 Å². The summed E-state index contributed by atoms with van der Waals surface area (Å²) < 4.78 is 0. The molecule has 1 amide bonds. The maximum atomic E-state index is 12.4. The van der Waals surface area contributed by atoms with Crippen molar-refractivity contribution in [3.05, 3.63) is 28.8 Å². The molecule has 3 nitrogen and oxygen atoms in total. The highest BCUT2D eigenvalue weighted by Gasteiger charge is 2.24. The molecule has 0 aliphatic heterocycles. The summed E-state index contributed by atoms with van der Waals surface area (Å²) in [5.41, 5.74) is 10.2. The smallest absolute Gasteiger partial charge is 0.228 e. The summed E-state index contributed by atoms with van der Waals surface area (Å²) in [5, 5.41) is 3.06. The van der Waals surface area contributed by atoms with Crippen LogP contribution < -0.4 is 11.1 Å². The fourth-order valence-electron chi connectivity index (χ4n) is 2.62. The third-order valence-electron chi connectivity index (χ3n) is 3.44. The van der Waals surface area contributed by atoms with Crippen LogP contribution >= 0.6 is 0 Å². The molecule has 0 bridgehead atoms. The SMILES string of the molecule is Cc1cc(C)c(NC(=O)C(CN)CC(C)(C)C)c(C)c1. The minimum absolute atomic E-state index is 0.0254. The molecule has 112 valence electrons. The van der Waals surface area contributed by atoms with Gasteiger partial charge in [0.05, 0.1) is 5.92 Å². The fourth-order valence-corrected chi connectivity index (χ4v) is 2.62. The Hall–Kier alpha value is -1.35. The first-order valence-corrected chi connectivity index (χ1v) is 7.23. The lowest BCUT2D eigenvalue weighted by molar-refractivity contribution is -0.120. The second-order valence-electron chi connectivity index (χ2n) is 6.96. The second kappa shape index (κ2) is 6.40. The van der Waals surface area contributed by atoms with Gasteiger partial charge in [0.2, 0.25) is 5.91 Å². The average molecular weight is 276 g/mol. The number of hydrogen-bond donors (Lipinski definition) is 2. The maximum absolute atomic E-state index is 12.4. The second-order valence-corrected chi connectivity index (χ2v) is 6.96. The van der Waals surface area contributed by atoms with Gasteiger partial charge in [-0.2, -0.15) is 0 Å². The lowest BCUT2D eigenvalue weighted by Gasteiger charge is -2.25. The van der Waals surface area contributed by atoms with Gasteiger partial charge < -0.3 is 11.1 Å². The first-order chi connectivity index (χ1) is 9.14. The van der Waals surface area contributed by atoms with Crippen LogP contribution in [0.1, 0.15) is 43.9 Å². The van der Waals surface area contributed by atoms with Crippen LogP contribution in [-0.2, 0) is 4.79 Å². The molecule has 3 heteroatoms. The lowest BCUT2D eigenvalue weighted by atomic mass is 9.84. The third-order valence-corrected chi connectivity index (χ3v) is 3.44. The summed E-state index contributed by atoms with van der Waals surface area (Å²) in [6.45, 7) is 12.9. The molecule has 0 aromatic heterocycles. The van der Waals surface area contributed by atoms with Crippen molar-refractivity contribution in [1.82, 2.24) is 0 Å². The number of amides is 1. The highest BCUT2D eigenvalue weighted by molar-refractivity contribution is 5.94. The van der Waals surface area contributed by atoms with Gasteiger partial charge in [0.15, 0.2) is 0 Å². The molecular formula is C17H28N2O. The first-order valence-electron chi connectivity index (χ1n) is 7.23. The number of hydrogen-bond acceptors (Lipinski definition) is 2. The molecule has 0 radical (unpaired) electrons. The van der Waals surface area contributed by atoms with Crippen molar-refractivity contribution >= 4 is 11.6 Å². The Bertz CT molecular complexity index is 463. The van der Waals surface area contributed by atoms with Crippen molar-refractivity contribution in [2.24, 2.45) is 17.1 Å². The van der Waals surface area contributed by atoms with Gasteiger partial charge in [-0.25, -0.2) is 0 Å². The largest absolute Gasteiger partial charge is 0.330 e. The predicted molar refractivity (Wildman–Crippen MR) is 85.9 cm³/mol. The predicted octanol–water partition coefficient (Wildman–Crippen LogP) is 3.56. The van der Waals surface area contributed by atoms with Gasteiger partial charge in [0.1, 0.15) is 0 Å². The Balaban J connectivity index is 2.89. The highest BCUT2D eigenvalue weighted by atomic mass is 16.1. The van der Waals surface area contributed by atoms with Gasteiger partial charge >= 0.3 is 0 Å². The van der Waals surface area contributed by atoms with E-state index in [0.717, 1.165) is 23.2 Å². The minimum Gasteiger partial charge on any atom is -0.330 e. The van der Waals surface area contributed by atoms with E-state index in [0.29, 0.717) is 6.54 Å². The number of nitrogens with two attached hydrogens (primary N) is 1. The number of anilines is 1. The van der Waals surface area contributed by atoms with Crippen LogP contribution in [0.25, 0.3) is 0 Å². The zero-order chi connectivity index (χ0) is 15.5. The van der Waals surface area contributed by atoms with E-state index in [9.17, 15) is 4.79 Å². The molecule has 1 aromatic rings. The molecule has 1 rings (SSSR count). The van der Waals surface area contributed by atoms with E-state index in [2.05, 4.69) is 45.1 Å². The molecule has 0 saturated heterocycles. The molecule has 0 fully saturated rings. The Morgan fingerprint density at radius 2 is 1.70 bits per heavy atom. The molecule has 1 unspecified atom stereocenters. The summed E-state index contributed by atoms with van der Waals surface area (Å²) in [7, 11) is 0. The fraction of sp³-hybridized carbons (Fsp3) is 0.588. The number of nitrogens with one attached hydrogen (secondary N) is 1. The normalized spacial score (nSPS) is 13.2. The molecule has 3 N–H and O–H groups in total. The monoisotopic (exact) mass is 276 g/mol. The Morgan fingerprint density at radius 3 is 2.10 bits per heavy atom. The van der Waals surface area contributed by atoms with Crippen molar-refractivity contribution in [3.8, 4) is 0 Å². The van der Waals surface area contributed by atoms with Gasteiger partial charge in [-0.15, -0.1) is 0 Å². The van der Waals surface area contributed by atoms with Crippen molar-refractivity contribution in [2.75, 3.05) is 11.9 Å². The van der Waals surface area contributed by atoms with Gasteiger partial charge in [0, 0.05) is 12.2 Å². The lowest BCUT2D eigenvalue weighted by Crippen LogP contribution is -2.32. The van der Waals surface area contributed by atoms with Crippen LogP contribution in [0.2, 0.25) is 0 Å². The van der Waals surface area contributed by atoms with E-state index < -0.39 is 0 Å². The zero-order valence-corrected chi connectivity index (χ0v) is 13.6. The van der Waals surface area contributed by atoms with Gasteiger partial charge in [-0.1, -0.05) is 38.5 Å². The van der Waals surface area contributed by atoms with Crippen molar-refractivity contribution in [3.63, 3.8) is 0 Å².